The normalized spacial score (nSPS) is 10.9. The Labute approximate surface area is 133 Å². The molecular weight excluding hydrogens is 298 g/mol. The van der Waals surface area contributed by atoms with E-state index in [1.165, 1.54) is 0 Å². The van der Waals surface area contributed by atoms with Crippen molar-refractivity contribution in [2.75, 3.05) is 5.32 Å². The number of benzene rings is 1. The quantitative estimate of drug-likeness (QED) is 0.799. The summed E-state index contributed by atoms with van der Waals surface area (Å²) in [6, 6.07) is 9.47. The van der Waals surface area contributed by atoms with Crippen LogP contribution in [0, 0.1) is 13.8 Å². The Morgan fingerprint density at radius 2 is 2.09 bits per heavy atom. The lowest BCUT2D eigenvalue weighted by Gasteiger charge is -2.05. The lowest BCUT2D eigenvalue weighted by atomic mass is 10.2. The van der Waals surface area contributed by atoms with Gasteiger partial charge in [0.25, 0.3) is 0 Å². The van der Waals surface area contributed by atoms with E-state index >= 15 is 0 Å². The molecule has 1 aromatic carbocycles. The van der Waals surface area contributed by atoms with Crippen molar-refractivity contribution in [1.29, 1.82) is 0 Å². The maximum absolute atomic E-state index is 12.1. The van der Waals surface area contributed by atoms with E-state index in [0.29, 0.717) is 10.7 Å². The number of nitrogens with one attached hydrogen (secondary N) is 1. The maximum atomic E-state index is 12.1. The number of aromatic nitrogens is 2. The third-order valence-electron chi connectivity index (χ3n) is 3.46. The molecule has 3 aromatic rings. The first-order valence-electron chi connectivity index (χ1n) is 7.01. The largest absolute Gasteiger partial charge is 0.326 e. The average Bonchev–Trinajstić information content (AvgIpc) is 2.84. The van der Waals surface area contributed by atoms with Gasteiger partial charge in [0.2, 0.25) is 5.91 Å². The topological polar surface area (TPSA) is 46.4 Å². The zero-order valence-electron chi connectivity index (χ0n) is 12.4. The molecule has 0 saturated heterocycles. The molecule has 4 nitrogen and oxygen atoms in total. The van der Waals surface area contributed by atoms with Crippen LogP contribution in [0.2, 0.25) is 5.02 Å². The third-order valence-corrected chi connectivity index (χ3v) is 3.87. The van der Waals surface area contributed by atoms with Crippen LogP contribution in [0.3, 0.4) is 0 Å². The number of hydrogen-bond donors (Lipinski definition) is 1. The average molecular weight is 314 g/mol. The van der Waals surface area contributed by atoms with Crippen molar-refractivity contribution < 1.29 is 4.79 Å². The van der Waals surface area contributed by atoms with E-state index in [1.807, 2.05) is 54.9 Å². The van der Waals surface area contributed by atoms with Crippen LogP contribution in [0.15, 0.2) is 42.7 Å². The molecule has 0 saturated carbocycles. The van der Waals surface area contributed by atoms with Gasteiger partial charge in [0.05, 0.1) is 12.1 Å². The highest BCUT2D eigenvalue weighted by molar-refractivity contribution is 6.31. The van der Waals surface area contributed by atoms with Crippen molar-refractivity contribution in [2.45, 2.75) is 20.3 Å². The van der Waals surface area contributed by atoms with E-state index in [4.69, 9.17) is 11.6 Å². The van der Waals surface area contributed by atoms with E-state index in [-0.39, 0.29) is 12.3 Å². The Morgan fingerprint density at radius 3 is 2.86 bits per heavy atom. The number of nitrogens with zero attached hydrogens (tertiary/aromatic N) is 2. The molecular formula is C17H16ClN3O. The number of aryl methyl sites for hydroxylation is 2. The molecule has 2 aromatic heterocycles. The summed E-state index contributed by atoms with van der Waals surface area (Å²) in [6.07, 6.45) is 4.04. The number of halogens is 1. The van der Waals surface area contributed by atoms with E-state index in [9.17, 15) is 4.79 Å². The van der Waals surface area contributed by atoms with Crippen LogP contribution in [0.1, 0.15) is 16.8 Å². The van der Waals surface area contributed by atoms with Crippen LogP contribution in [0.5, 0.6) is 0 Å². The van der Waals surface area contributed by atoms with Gasteiger partial charge in [0.15, 0.2) is 0 Å². The number of amides is 1. The Balaban J connectivity index is 1.73. The van der Waals surface area contributed by atoms with E-state index in [2.05, 4.69) is 10.3 Å². The van der Waals surface area contributed by atoms with Gasteiger partial charge in [0.1, 0.15) is 5.65 Å². The van der Waals surface area contributed by atoms with Gasteiger partial charge >= 0.3 is 0 Å². The fraction of sp³-hybridized carbons (Fsp3) is 0.176. The summed E-state index contributed by atoms with van der Waals surface area (Å²) in [4.78, 5) is 16.6. The standard InChI is InChI=1S/C17H16ClN3O/c1-11-5-6-21-10-14(19-16(21)7-11)9-17(22)20-13-4-3-12(2)15(18)8-13/h3-8,10H,9H2,1-2H3,(H,20,22). The molecule has 0 bridgehead atoms. The summed E-state index contributed by atoms with van der Waals surface area (Å²) in [5.74, 6) is -0.111. The predicted molar refractivity (Wildman–Crippen MR) is 88.5 cm³/mol. The van der Waals surface area contributed by atoms with Gasteiger partial charge in [-0.3, -0.25) is 4.79 Å². The SMILES string of the molecule is Cc1ccn2cc(CC(=O)Nc3ccc(C)c(Cl)c3)nc2c1. The molecule has 22 heavy (non-hydrogen) atoms. The number of imidazole rings is 1. The molecule has 2 heterocycles. The minimum Gasteiger partial charge on any atom is -0.326 e. The molecule has 0 fully saturated rings. The second kappa shape index (κ2) is 5.81. The molecule has 5 heteroatoms. The number of carbonyl (C=O) groups is 1. The smallest absolute Gasteiger partial charge is 0.230 e. The number of carbonyl (C=O) groups excluding carboxylic acids is 1. The first-order chi connectivity index (χ1) is 10.5. The highest BCUT2D eigenvalue weighted by Crippen LogP contribution is 2.20. The molecule has 0 unspecified atom stereocenters. The molecule has 0 atom stereocenters. The Morgan fingerprint density at radius 1 is 1.27 bits per heavy atom. The van der Waals surface area contributed by atoms with Gasteiger partial charge in [-0.15, -0.1) is 0 Å². The Hall–Kier alpha value is -2.33. The molecule has 0 radical (unpaired) electrons. The van der Waals surface area contributed by atoms with Gasteiger partial charge in [-0.25, -0.2) is 4.98 Å². The van der Waals surface area contributed by atoms with Gasteiger partial charge in [-0.05, 0) is 49.2 Å². The van der Waals surface area contributed by atoms with E-state index in [1.54, 1.807) is 6.07 Å². The van der Waals surface area contributed by atoms with Crippen molar-refractivity contribution in [3.05, 3.63) is 64.6 Å². The predicted octanol–water partition coefficient (Wildman–Crippen LogP) is 3.79. The maximum Gasteiger partial charge on any atom is 0.230 e. The number of anilines is 1. The van der Waals surface area contributed by atoms with Gasteiger partial charge in [-0.1, -0.05) is 17.7 Å². The number of hydrogen-bond acceptors (Lipinski definition) is 2. The summed E-state index contributed by atoms with van der Waals surface area (Å²) in [7, 11) is 0. The van der Waals surface area contributed by atoms with Crippen LogP contribution in [0.4, 0.5) is 5.69 Å². The molecule has 1 amide bonds. The zero-order chi connectivity index (χ0) is 15.7. The van der Waals surface area contributed by atoms with Gasteiger partial charge < -0.3 is 9.72 Å². The molecule has 0 aliphatic carbocycles. The number of fused-ring (bicyclic) bond motifs is 1. The lowest BCUT2D eigenvalue weighted by Crippen LogP contribution is -2.14. The molecule has 0 spiro atoms. The van der Waals surface area contributed by atoms with Crippen LogP contribution < -0.4 is 5.32 Å². The van der Waals surface area contributed by atoms with Gasteiger partial charge in [0, 0.05) is 23.1 Å². The minimum absolute atomic E-state index is 0.111. The van der Waals surface area contributed by atoms with Crippen LogP contribution >= 0.6 is 11.6 Å². The summed E-state index contributed by atoms with van der Waals surface area (Å²) in [5.41, 5.74) is 4.40. The second-order valence-corrected chi connectivity index (χ2v) is 5.80. The number of pyridine rings is 1. The number of rotatable bonds is 3. The van der Waals surface area contributed by atoms with E-state index in [0.717, 1.165) is 22.5 Å². The van der Waals surface area contributed by atoms with Crippen molar-refractivity contribution in [3.8, 4) is 0 Å². The van der Waals surface area contributed by atoms with Crippen LogP contribution in [-0.2, 0) is 11.2 Å². The third kappa shape index (κ3) is 3.12. The second-order valence-electron chi connectivity index (χ2n) is 5.39. The molecule has 1 N–H and O–H groups in total. The zero-order valence-corrected chi connectivity index (χ0v) is 13.2. The Bertz CT molecular complexity index is 854. The van der Waals surface area contributed by atoms with Crippen LogP contribution in [0.25, 0.3) is 5.65 Å². The summed E-state index contributed by atoms with van der Waals surface area (Å²) in [6.45, 7) is 3.94. The molecule has 112 valence electrons. The highest BCUT2D eigenvalue weighted by atomic mass is 35.5. The summed E-state index contributed by atoms with van der Waals surface area (Å²) >= 11 is 6.06. The molecule has 0 aliphatic rings. The van der Waals surface area contributed by atoms with Crippen molar-refractivity contribution in [2.24, 2.45) is 0 Å². The first-order valence-corrected chi connectivity index (χ1v) is 7.39. The van der Waals surface area contributed by atoms with Crippen LogP contribution in [-0.4, -0.2) is 15.3 Å². The van der Waals surface area contributed by atoms with Gasteiger partial charge in [-0.2, -0.15) is 0 Å². The fourth-order valence-corrected chi connectivity index (χ4v) is 2.44. The molecule has 3 rings (SSSR count). The first kappa shape index (κ1) is 14.6. The van der Waals surface area contributed by atoms with Crippen molar-refractivity contribution in [3.63, 3.8) is 0 Å². The van der Waals surface area contributed by atoms with E-state index < -0.39 is 0 Å². The van der Waals surface area contributed by atoms with Crippen molar-refractivity contribution >= 4 is 28.8 Å². The highest BCUT2D eigenvalue weighted by Gasteiger charge is 2.09. The summed E-state index contributed by atoms with van der Waals surface area (Å²) in [5, 5.41) is 3.48. The van der Waals surface area contributed by atoms with Crippen molar-refractivity contribution in [1.82, 2.24) is 9.38 Å². The Kier molecular flexibility index (Phi) is 3.86. The lowest BCUT2D eigenvalue weighted by molar-refractivity contribution is -0.115. The monoisotopic (exact) mass is 313 g/mol. The fourth-order valence-electron chi connectivity index (χ4n) is 2.26. The summed E-state index contributed by atoms with van der Waals surface area (Å²) < 4.78 is 1.92. The minimum atomic E-state index is -0.111. The molecule has 0 aliphatic heterocycles.